The van der Waals surface area contributed by atoms with Crippen molar-refractivity contribution in [1.29, 1.82) is 0 Å². The molecule has 0 amide bonds. The molecule has 0 bridgehead atoms. The minimum atomic E-state index is 0.394. The van der Waals surface area contributed by atoms with Gasteiger partial charge in [0.25, 0.3) is 0 Å². The Bertz CT molecular complexity index is 494. The van der Waals surface area contributed by atoms with Crippen molar-refractivity contribution in [2.45, 2.75) is 26.5 Å². The number of aromatic nitrogens is 4. The van der Waals surface area contributed by atoms with Gasteiger partial charge >= 0.3 is 0 Å². The smallest absolute Gasteiger partial charge is 0.164 e. The van der Waals surface area contributed by atoms with Crippen LogP contribution in [0.2, 0.25) is 0 Å². The Balaban J connectivity index is 1.83. The molecule has 0 aliphatic heterocycles. The molecule has 0 spiro atoms. The highest BCUT2D eigenvalue weighted by atomic mass is 16.5. The molecule has 6 nitrogen and oxygen atoms in total. The molecule has 6 heteroatoms. The summed E-state index contributed by atoms with van der Waals surface area (Å²) >= 11 is 0. The minimum Gasteiger partial charge on any atom is -0.484 e. The van der Waals surface area contributed by atoms with Gasteiger partial charge in [0.15, 0.2) is 5.82 Å². The molecule has 1 N–H and O–H groups in total. The first-order chi connectivity index (χ1) is 9.29. The highest BCUT2D eigenvalue weighted by Gasteiger charge is 2.02. The summed E-state index contributed by atoms with van der Waals surface area (Å²) in [5.41, 5.74) is 1.01. The second-order valence-corrected chi connectivity index (χ2v) is 4.25. The molecule has 2 rings (SSSR count). The summed E-state index contributed by atoms with van der Waals surface area (Å²) in [6.45, 7) is 4.33. The van der Waals surface area contributed by atoms with Gasteiger partial charge in [0.2, 0.25) is 0 Å². The van der Waals surface area contributed by atoms with Crippen LogP contribution in [0.25, 0.3) is 0 Å². The van der Waals surface area contributed by atoms with Gasteiger partial charge in [-0.2, -0.15) is 5.10 Å². The summed E-state index contributed by atoms with van der Waals surface area (Å²) in [5, 5.41) is 7.29. The van der Waals surface area contributed by atoms with Crippen LogP contribution in [0.3, 0.4) is 0 Å². The molecule has 2 aromatic rings. The molecular formula is C13H19N5O. The zero-order valence-corrected chi connectivity index (χ0v) is 11.3. The first-order valence-electron chi connectivity index (χ1n) is 6.41. The maximum Gasteiger partial charge on any atom is 0.164 e. The third-order valence-corrected chi connectivity index (χ3v) is 2.70. The predicted octanol–water partition coefficient (Wildman–Crippen LogP) is 1.29. The average molecular weight is 261 g/mol. The van der Waals surface area contributed by atoms with Crippen LogP contribution in [-0.2, 0) is 20.2 Å². The molecule has 0 aliphatic carbocycles. The van der Waals surface area contributed by atoms with E-state index in [1.165, 1.54) is 6.33 Å². The normalized spacial score (nSPS) is 10.6. The minimum absolute atomic E-state index is 0.394. The van der Waals surface area contributed by atoms with Gasteiger partial charge in [-0.25, -0.2) is 4.98 Å². The molecule has 0 saturated carbocycles. The maximum absolute atomic E-state index is 5.61. The summed E-state index contributed by atoms with van der Waals surface area (Å²) < 4.78 is 7.30. The van der Waals surface area contributed by atoms with E-state index in [9.17, 15) is 0 Å². The van der Waals surface area contributed by atoms with E-state index in [0.717, 1.165) is 36.8 Å². The van der Waals surface area contributed by atoms with Crippen molar-refractivity contribution >= 4 is 0 Å². The van der Waals surface area contributed by atoms with Gasteiger partial charge in [-0.05, 0) is 25.1 Å². The van der Waals surface area contributed by atoms with Crippen molar-refractivity contribution in [2.75, 3.05) is 6.54 Å². The fraction of sp³-hybridized carbons (Fsp3) is 0.462. The van der Waals surface area contributed by atoms with Gasteiger partial charge in [-0.1, -0.05) is 6.92 Å². The Labute approximate surface area is 112 Å². The van der Waals surface area contributed by atoms with Gasteiger partial charge in [0.1, 0.15) is 18.7 Å². The quantitative estimate of drug-likeness (QED) is 0.761. The Hall–Kier alpha value is -1.95. The Morgan fingerprint density at radius 3 is 2.84 bits per heavy atom. The molecular weight excluding hydrogens is 242 g/mol. The van der Waals surface area contributed by atoms with E-state index >= 15 is 0 Å². The number of rotatable bonds is 7. The molecule has 2 aromatic heterocycles. The number of pyridine rings is 1. The monoisotopic (exact) mass is 261 g/mol. The lowest BCUT2D eigenvalue weighted by Crippen LogP contribution is -2.14. The molecule has 102 valence electrons. The van der Waals surface area contributed by atoms with E-state index in [1.54, 1.807) is 10.9 Å². The van der Waals surface area contributed by atoms with Crippen LogP contribution in [0.15, 0.2) is 24.7 Å². The van der Waals surface area contributed by atoms with E-state index in [2.05, 4.69) is 27.3 Å². The van der Waals surface area contributed by atoms with E-state index in [-0.39, 0.29) is 0 Å². The zero-order valence-electron chi connectivity index (χ0n) is 11.3. The molecule has 0 radical (unpaired) electrons. The molecule has 19 heavy (non-hydrogen) atoms. The van der Waals surface area contributed by atoms with Crippen LogP contribution >= 0.6 is 0 Å². The SMILES string of the molecule is CCCNCc1ccc(OCc2ncnn2C)cn1. The number of hydrogen-bond donors (Lipinski definition) is 1. The van der Waals surface area contributed by atoms with Crippen molar-refractivity contribution in [3.8, 4) is 5.75 Å². The van der Waals surface area contributed by atoms with Crippen LogP contribution in [0.5, 0.6) is 5.75 Å². The van der Waals surface area contributed by atoms with E-state index < -0.39 is 0 Å². The third kappa shape index (κ3) is 4.03. The predicted molar refractivity (Wildman–Crippen MR) is 71.6 cm³/mol. The first kappa shape index (κ1) is 13.5. The standard InChI is InChI=1S/C13H19N5O/c1-3-6-14-7-11-4-5-12(8-15-11)19-9-13-16-10-17-18(13)2/h4-5,8,10,14H,3,6-7,9H2,1-2H3. The molecule has 2 heterocycles. The molecule has 0 atom stereocenters. The van der Waals surface area contributed by atoms with Crippen molar-refractivity contribution < 1.29 is 4.74 Å². The summed E-state index contributed by atoms with van der Waals surface area (Å²) in [7, 11) is 1.84. The van der Waals surface area contributed by atoms with Gasteiger partial charge in [0, 0.05) is 13.6 Å². The van der Waals surface area contributed by atoms with E-state index in [4.69, 9.17) is 4.74 Å². The lowest BCUT2D eigenvalue weighted by molar-refractivity contribution is 0.288. The van der Waals surface area contributed by atoms with Crippen LogP contribution in [0.1, 0.15) is 24.9 Å². The highest BCUT2D eigenvalue weighted by molar-refractivity contribution is 5.19. The molecule has 0 unspecified atom stereocenters. The number of nitrogens with one attached hydrogen (secondary N) is 1. The van der Waals surface area contributed by atoms with Crippen molar-refractivity contribution in [3.63, 3.8) is 0 Å². The Kier molecular flexibility index (Phi) is 4.85. The average Bonchev–Trinajstić information content (AvgIpc) is 2.84. The fourth-order valence-electron chi connectivity index (χ4n) is 1.59. The summed E-state index contributed by atoms with van der Waals surface area (Å²) in [6.07, 6.45) is 4.37. The fourth-order valence-corrected chi connectivity index (χ4v) is 1.59. The van der Waals surface area contributed by atoms with Crippen molar-refractivity contribution in [2.24, 2.45) is 7.05 Å². The largest absolute Gasteiger partial charge is 0.484 e. The Morgan fingerprint density at radius 1 is 1.32 bits per heavy atom. The second kappa shape index (κ2) is 6.84. The lowest BCUT2D eigenvalue weighted by Gasteiger charge is -2.06. The number of nitrogens with zero attached hydrogens (tertiary/aromatic N) is 4. The maximum atomic E-state index is 5.61. The highest BCUT2D eigenvalue weighted by Crippen LogP contribution is 2.10. The van der Waals surface area contributed by atoms with Crippen LogP contribution in [0, 0.1) is 0 Å². The molecule has 0 saturated heterocycles. The number of aryl methyl sites for hydroxylation is 1. The second-order valence-electron chi connectivity index (χ2n) is 4.25. The first-order valence-corrected chi connectivity index (χ1v) is 6.41. The molecule has 0 aromatic carbocycles. The summed E-state index contributed by atoms with van der Waals surface area (Å²) in [5.74, 6) is 1.52. The van der Waals surface area contributed by atoms with Crippen LogP contribution in [0.4, 0.5) is 0 Å². The van der Waals surface area contributed by atoms with Crippen molar-refractivity contribution in [3.05, 3.63) is 36.2 Å². The van der Waals surface area contributed by atoms with E-state index in [1.807, 2.05) is 19.2 Å². The van der Waals surface area contributed by atoms with Crippen LogP contribution < -0.4 is 10.1 Å². The zero-order chi connectivity index (χ0) is 13.5. The lowest BCUT2D eigenvalue weighted by atomic mass is 10.3. The summed E-state index contributed by atoms with van der Waals surface area (Å²) in [6, 6.07) is 3.89. The number of ether oxygens (including phenoxy) is 1. The molecule has 0 aliphatic rings. The van der Waals surface area contributed by atoms with Gasteiger partial charge in [-0.15, -0.1) is 0 Å². The van der Waals surface area contributed by atoms with Gasteiger partial charge < -0.3 is 10.1 Å². The van der Waals surface area contributed by atoms with Gasteiger partial charge in [-0.3, -0.25) is 9.67 Å². The third-order valence-electron chi connectivity index (χ3n) is 2.70. The van der Waals surface area contributed by atoms with Crippen LogP contribution in [-0.4, -0.2) is 26.3 Å². The summed E-state index contributed by atoms with van der Waals surface area (Å²) in [4.78, 5) is 8.44. The topological polar surface area (TPSA) is 64.9 Å². The molecule has 0 fully saturated rings. The van der Waals surface area contributed by atoms with Gasteiger partial charge in [0.05, 0.1) is 11.9 Å². The van der Waals surface area contributed by atoms with E-state index in [0.29, 0.717) is 6.61 Å². The number of hydrogen-bond acceptors (Lipinski definition) is 5. The van der Waals surface area contributed by atoms with Crippen molar-refractivity contribution in [1.82, 2.24) is 25.1 Å². The Morgan fingerprint density at radius 2 is 2.21 bits per heavy atom.